The lowest BCUT2D eigenvalue weighted by atomic mass is 10.2. The van der Waals surface area contributed by atoms with Gasteiger partial charge in [-0.05, 0) is 18.2 Å². The first-order valence-electron chi connectivity index (χ1n) is 5.37. The van der Waals surface area contributed by atoms with Gasteiger partial charge in [0.15, 0.2) is 0 Å². The molecule has 0 N–H and O–H groups in total. The largest absolute Gasteiger partial charge is 0.467 e. The maximum atomic E-state index is 11.7. The van der Waals surface area contributed by atoms with Crippen LogP contribution in [0.3, 0.4) is 0 Å². The minimum atomic E-state index is -0.381. The Kier molecular flexibility index (Phi) is 3.86. The van der Waals surface area contributed by atoms with E-state index in [2.05, 4.69) is 9.97 Å². The summed E-state index contributed by atoms with van der Waals surface area (Å²) in [7, 11) is 1.48. The summed E-state index contributed by atoms with van der Waals surface area (Å²) in [6.07, 6.45) is 1.55. The number of carbonyl (C=O) groups excluding carboxylic acids is 1. The zero-order chi connectivity index (χ0) is 12.8. The summed E-state index contributed by atoms with van der Waals surface area (Å²) in [5, 5.41) is 0. The molecule has 5 heteroatoms. The zero-order valence-corrected chi connectivity index (χ0v) is 9.87. The Morgan fingerprint density at radius 2 is 2.00 bits per heavy atom. The third kappa shape index (κ3) is 3.04. The number of benzene rings is 1. The summed E-state index contributed by atoms with van der Waals surface area (Å²) in [6.45, 7) is 0.0899. The quantitative estimate of drug-likeness (QED) is 0.768. The predicted octanol–water partition coefficient (Wildman–Crippen LogP) is 1.84. The SMILES string of the molecule is COc1nccc(COC(=O)c2ccccc2)n1. The van der Waals surface area contributed by atoms with Crippen molar-refractivity contribution in [1.82, 2.24) is 9.97 Å². The highest BCUT2D eigenvalue weighted by Crippen LogP contribution is 2.06. The topological polar surface area (TPSA) is 61.3 Å². The molecule has 2 aromatic rings. The van der Waals surface area contributed by atoms with Gasteiger partial charge in [0.1, 0.15) is 6.61 Å². The van der Waals surface area contributed by atoms with Crippen LogP contribution in [0.5, 0.6) is 6.01 Å². The lowest BCUT2D eigenvalue weighted by molar-refractivity contribution is 0.0466. The summed E-state index contributed by atoms with van der Waals surface area (Å²) in [5.41, 5.74) is 1.10. The molecule has 0 aliphatic rings. The number of carbonyl (C=O) groups is 1. The molecule has 0 fully saturated rings. The molecule has 0 saturated carbocycles. The average Bonchev–Trinajstić information content (AvgIpc) is 2.46. The third-order valence-electron chi connectivity index (χ3n) is 2.23. The Morgan fingerprint density at radius 1 is 1.22 bits per heavy atom. The van der Waals surface area contributed by atoms with Gasteiger partial charge < -0.3 is 9.47 Å². The van der Waals surface area contributed by atoms with Gasteiger partial charge in [0, 0.05) is 6.20 Å². The van der Waals surface area contributed by atoms with Crippen LogP contribution >= 0.6 is 0 Å². The second kappa shape index (κ2) is 5.77. The molecule has 1 aromatic carbocycles. The molecule has 0 aliphatic heterocycles. The molecule has 1 aromatic heterocycles. The first kappa shape index (κ1) is 12.0. The number of hydrogen-bond acceptors (Lipinski definition) is 5. The van der Waals surface area contributed by atoms with E-state index < -0.39 is 0 Å². The van der Waals surface area contributed by atoms with Gasteiger partial charge in [-0.1, -0.05) is 18.2 Å². The van der Waals surface area contributed by atoms with Crippen LogP contribution in [0, 0.1) is 0 Å². The highest BCUT2D eigenvalue weighted by Gasteiger charge is 2.07. The minimum Gasteiger partial charge on any atom is -0.467 e. The van der Waals surface area contributed by atoms with E-state index in [1.165, 1.54) is 7.11 Å². The highest BCUT2D eigenvalue weighted by atomic mass is 16.5. The maximum absolute atomic E-state index is 11.7. The predicted molar refractivity (Wildman–Crippen MR) is 64.1 cm³/mol. The van der Waals surface area contributed by atoms with Gasteiger partial charge in [0.2, 0.25) is 0 Å². The summed E-state index contributed by atoms with van der Waals surface area (Å²) >= 11 is 0. The first-order chi connectivity index (χ1) is 8.79. The van der Waals surface area contributed by atoms with Gasteiger partial charge in [-0.2, -0.15) is 4.98 Å². The molecule has 1 heterocycles. The van der Waals surface area contributed by atoms with Gasteiger partial charge in [0.05, 0.1) is 18.4 Å². The molecule has 92 valence electrons. The van der Waals surface area contributed by atoms with Crippen LogP contribution in [0.15, 0.2) is 42.6 Å². The molecule has 0 radical (unpaired) electrons. The summed E-state index contributed by atoms with van der Waals surface area (Å²) in [6, 6.07) is 10.7. The van der Waals surface area contributed by atoms with Crippen LogP contribution < -0.4 is 4.74 Å². The molecule has 0 atom stereocenters. The molecule has 0 bridgehead atoms. The van der Waals surface area contributed by atoms with Crippen LogP contribution in [-0.4, -0.2) is 23.0 Å². The average molecular weight is 244 g/mol. The lowest BCUT2D eigenvalue weighted by Gasteiger charge is -2.05. The van der Waals surface area contributed by atoms with E-state index in [-0.39, 0.29) is 18.6 Å². The van der Waals surface area contributed by atoms with Crippen molar-refractivity contribution in [3.8, 4) is 6.01 Å². The van der Waals surface area contributed by atoms with Crippen molar-refractivity contribution in [3.63, 3.8) is 0 Å². The standard InChI is InChI=1S/C13H12N2O3/c1-17-13-14-8-7-11(15-13)9-18-12(16)10-5-3-2-4-6-10/h2-8H,9H2,1H3. The first-order valence-corrected chi connectivity index (χ1v) is 5.37. The van der Waals surface area contributed by atoms with Gasteiger partial charge in [0.25, 0.3) is 0 Å². The van der Waals surface area contributed by atoms with Crippen LogP contribution in [0.1, 0.15) is 16.1 Å². The molecule has 0 amide bonds. The summed E-state index contributed by atoms with van der Waals surface area (Å²) < 4.78 is 10.0. The summed E-state index contributed by atoms with van der Waals surface area (Å²) in [4.78, 5) is 19.6. The van der Waals surface area contributed by atoms with E-state index in [0.717, 1.165) is 0 Å². The second-order valence-corrected chi connectivity index (χ2v) is 3.48. The van der Waals surface area contributed by atoms with Gasteiger partial charge in [-0.3, -0.25) is 0 Å². The van der Waals surface area contributed by atoms with Gasteiger partial charge in [-0.15, -0.1) is 0 Å². The molecule has 18 heavy (non-hydrogen) atoms. The van der Waals surface area contributed by atoms with Crippen molar-refractivity contribution in [3.05, 3.63) is 53.9 Å². The van der Waals surface area contributed by atoms with E-state index in [4.69, 9.17) is 9.47 Å². The van der Waals surface area contributed by atoms with Crippen molar-refractivity contribution in [2.75, 3.05) is 7.11 Å². The Morgan fingerprint density at radius 3 is 2.72 bits per heavy atom. The molecule has 0 spiro atoms. The van der Waals surface area contributed by atoms with Crippen molar-refractivity contribution < 1.29 is 14.3 Å². The monoisotopic (exact) mass is 244 g/mol. The Bertz CT molecular complexity index is 529. The van der Waals surface area contributed by atoms with E-state index >= 15 is 0 Å². The van der Waals surface area contributed by atoms with Crippen LogP contribution in [0.25, 0.3) is 0 Å². The molecular weight excluding hydrogens is 232 g/mol. The Labute approximate surface area is 104 Å². The fraction of sp³-hybridized carbons (Fsp3) is 0.154. The second-order valence-electron chi connectivity index (χ2n) is 3.48. The molecular formula is C13H12N2O3. The molecule has 0 saturated heterocycles. The van der Waals surface area contributed by atoms with Crippen molar-refractivity contribution in [1.29, 1.82) is 0 Å². The van der Waals surface area contributed by atoms with Crippen molar-refractivity contribution in [2.45, 2.75) is 6.61 Å². The number of hydrogen-bond donors (Lipinski definition) is 0. The number of ether oxygens (including phenoxy) is 2. The molecule has 0 unspecified atom stereocenters. The number of aromatic nitrogens is 2. The van der Waals surface area contributed by atoms with E-state index in [1.807, 2.05) is 6.07 Å². The fourth-order valence-electron chi connectivity index (χ4n) is 1.35. The summed E-state index contributed by atoms with van der Waals surface area (Å²) in [5.74, 6) is -0.381. The van der Waals surface area contributed by atoms with E-state index in [0.29, 0.717) is 11.3 Å². The number of rotatable bonds is 4. The Balaban J connectivity index is 1.97. The van der Waals surface area contributed by atoms with Crippen molar-refractivity contribution in [2.24, 2.45) is 0 Å². The van der Waals surface area contributed by atoms with E-state index in [9.17, 15) is 4.79 Å². The normalized spacial score (nSPS) is 9.83. The number of esters is 1. The smallest absolute Gasteiger partial charge is 0.338 e. The number of methoxy groups -OCH3 is 1. The van der Waals surface area contributed by atoms with Gasteiger partial charge in [-0.25, -0.2) is 9.78 Å². The third-order valence-corrected chi connectivity index (χ3v) is 2.23. The van der Waals surface area contributed by atoms with E-state index in [1.54, 1.807) is 36.5 Å². The molecule has 0 aliphatic carbocycles. The molecule has 2 rings (SSSR count). The molecule has 5 nitrogen and oxygen atoms in total. The minimum absolute atomic E-state index is 0.0899. The van der Waals surface area contributed by atoms with Crippen LogP contribution in [0.2, 0.25) is 0 Å². The lowest BCUT2D eigenvalue weighted by Crippen LogP contribution is -2.06. The Hall–Kier alpha value is -2.43. The van der Waals surface area contributed by atoms with Crippen LogP contribution in [0.4, 0.5) is 0 Å². The fourth-order valence-corrected chi connectivity index (χ4v) is 1.35. The number of nitrogens with zero attached hydrogens (tertiary/aromatic N) is 2. The highest BCUT2D eigenvalue weighted by molar-refractivity contribution is 5.89. The van der Waals surface area contributed by atoms with Crippen LogP contribution in [-0.2, 0) is 11.3 Å². The van der Waals surface area contributed by atoms with Gasteiger partial charge >= 0.3 is 12.0 Å². The van der Waals surface area contributed by atoms with Crippen molar-refractivity contribution >= 4 is 5.97 Å². The maximum Gasteiger partial charge on any atom is 0.338 e. The zero-order valence-electron chi connectivity index (χ0n) is 9.87.